The molecule has 0 saturated heterocycles. The minimum Gasteiger partial charge on any atom is -0.478 e. The summed E-state index contributed by atoms with van der Waals surface area (Å²) in [5, 5.41) is 24.3. The summed E-state index contributed by atoms with van der Waals surface area (Å²) in [4.78, 5) is 19.1. The summed E-state index contributed by atoms with van der Waals surface area (Å²) in [5.74, 6) is -1.63. The minimum absolute atomic E-state index is 0.372. The summed E-state index contributed by atoms with van der Waals surface area (Å²) in [6.07, 6.45) is 20.4. The van der Waals surface area contributed by atoms with Gasteiger partial charge < -0.3 is 15.3 Å². The van der Waals surface area contributed by atoms with Gasteiger partial charge in [-0.2, -0.15) is 0 Å². The number of aliphatic hydroxyl groups excluding tert-OH is 1. The van der Waals surface area contributed by atoms with E-state index >= 15 is 0 Å². The zero-order valence-corrected chi connectivity index (χ0v) is 17.5. The summed E-state index contributed by atoms with van der Waals surface area (Å²) in [5.41, 5.74) is 0. The maximum Gasteiger partial charge on any atom is 0.328 e. The standard InChI is InChI=1S/C18H38O.C4H4O4/c1-18(2)16-14-12-10-8-6-4-3-5-7-9-11-13-15-17-19;5-3(6)1-2-4(7)8/h18-19H,3-17H2,1-2H3;1-2H,(H,5,6)(H,7,8)/b;2-1-. The van der Waals surface area contributed by atoms with Crippen LogP contribution >= 0.6 is 0 Å². The highest BCUT2D eigenvalue weighted by Gasteiger charge is 1.95. The van der Waals surface area contributed by atoms with Gasteiger partial charge in [-0.15, -0.1) is 0 Å². The first-order valence-electron chi connectivity index (χ1n) is 10.6. The van der Waals surface area contributed by atoms with Crippen molar-refractivity contribution in [2.45, 2.75) is 104 Å². The van der Waals surface area contributed by atoms with E-state index in [0.29, 0.717) is 18.8 Å². The molecule has 0 radical (unpaired) electrons. The Morgan fingerprint density at radius 1 is 0.630 bits per heavy atom. The quantitative estimate of drug-likeness (QED) is 0.217. The van der Waals surface area contributed by atoms with Crippen LogP contribution in [0.2, 0.25) is 0 Å². The fourth-order valence-electron chi connectivity index (χ4n) is 2.75. The Morgan fingerprint density at radius 3 is 1.19 bits per heavy atom. The molecule has 3 N–H and O–H groups in total. The molecule has 0 rings (SSSR count). The third kappa shape index (κ3) is 32.7. The van der Waals surface area contributed by atoms with Gasteiger partial charge in [-0.3, -0.25) is 0 Å². The molecule has 0 aromatic rings. The van der Waals surface area contributed by atoms with Crippen molar-refractivity contribution >= 4 is 11.9 Å². The molecule has 5 nitrogen and oxygen atoms in total. The molecule has 0 fully saturated rings. The predicted octanol–water partition coefficient (Wildman–Crippen LogP) is 5.81. The fourth-order valence-corrected chi connectivity index (χ4v) is 2.75. The van der Waals surface area contributed by atoms with Gasteiger partial charge in [0.2, 0.25) is 0 Å². The van der Waals surface area contributed by atoms with E-state index in [2.05, 4.69) is 13.8 Å². The highest BCUT2D eigenvalue weighted by atomic mass is 16.4. The SMILES string of the molecule is CC(C)CCCCCCCCCCCCCCCO.O=C(O)/C=C\C(=O)O. The van der Waals surface area contributed by atoms with Gasteiger partial charge in [0.1, 0.15) is 0 Å². The Bertz CT molecular complexity index is 348. The molecular formula is C22H42O5. The van der Waals surface area contributed by atoms with Crippen molar-refractivity contribution < 1.29 is 24.9 Å². The summed E-state index contributed by atoms with van der Waals surface area (Å²) >= 11 is 0. The lowest BCUT2D eigenvalue weighted by atomic mass is 10.0. The average molecular weight is 387 g/mol. The predicted molar refractivity (Wildman–Crippen MR) is 111 cm³/mol. The molecule has 0 aromatic carbocycles. The molecule has 160 valence electrons. The van der Waals surface area contributed by atoms with E-state index in [-0.39, 0.29) is 0 Å². The molecule has 0 amide bonds. The van der Waals surface area contributed by atoms with Crippen LogP contribution < -0.4 is 0 Å². The number of hydrogen-bond donors (Lipinski definition) is 3. The van der Waals surface area contributed by atoms with Crippen molar-refractivity contribution in [2.24, 2.45) is 5.92 Å². The normalized spacial score (nSPS) is 10.8. The molecule has 0 unspecified atom stereocenters. The number of carboxylic acid groups (broad SMARTS) is 2. The molecule has 0 atom stereocenters. The van der Waals surface area contributed by atoms with Crippen LogP contribution in [0.5, 0.6) is 0 Å². The number of carboxylic acids is 2. The fraction of sp³-hybridized carbons (Fsp3) is 0.818. The molecule has 0 aliphatic heterocycles. The number of carbonyl (C=O) groups is 2. The number of unbranched alkanes of at least 4 members (excludes halogenated alkanes) is 12. The Labute approximate surface area is 165 Å². The van der Waals surface area contributed by atoms with E-state index in [0.717, 1.165) is 12.3 Å². The van der Waals surface area contributed by atoms with Gasteiger partial charge in [0.25, 0.3) is 0 Å². The third-order valence-electron chi connectivity index (χ3n) is 4.31. The van der Waals surface area contributed by atoms with Gasteiger partial charge in [-0.1, -0.05) is 97.3 Å². The highest BCUT2D eigenvalue weighted by Crippen LogP contribution is 2.14. The van der Waals surface area contributed by atoms with Crippen molar-refractivity contribution in [3.8, 4) is 0 Å². The van der Waals surface area contributed by atoms with E-state index in [1.54, 1.807) is 0 Å². The first kappa shape index (κ1) is 27.9. The van der Waals surface area contributed by atoms with Crippen LogP contribution in [0.1, 0.15) is 104 Å². The summed E-state index contributed by atoms with van der Waals surface area (Å²) in [7, 11) is 0. The topological polar surface area (TPSA) is 94.8 Å². The van der Waals surface area contributed by atoms with Crippen molar-refractivity contribution in [1.82, 2.24) is 0 Å². The van der Waals surface area contributed by atoms with Crippen LogP contribution in [-0.4, -0.2) is 33.9 Å². The first-order chi connectivity index (χ1) is 12.9. The monoisotopic (exact) mass is 386 g/mol. The Morgan fingerprint density at radius 2 is 0.926 bits per heavy atom. The number of aliphatic carboxylic acids is 2. The van der Waals surface area contributed by atoms with Gasteiger partial charge in [0.15, 0.2) is 0 Å². The second-order valence-electron chi connectivity index (χ2n) is 7.51. The average Bonchev–Trinajstić information content (AvgIpc) is 2.60. The summed E-state index contributed by atoms with van der Waals surface area (Å²) in [6.45, 7) is 5.02. The lowest BCUT2D eigenvalue weighted by molar-refractivity contribution is -0.134. The number of rotatable bonds is 17. The Hall–Kier alpha value is -1.36. The van der Waals surface area contributed by atoms with Crippen LogP contribution in [-0.2, 0) is 9.59 Å². The lowest BCUT2D eigenvalue weighted by Crippen LogP contribution is -1.91. The molecule has 0 bridgehead atoms. The second kappa shape index (κ2) is 22.7. The number of aliphatic hydroxyl groups is 1. The molecule has 27 heavy (non-hydrogen) atoms. The van der Waals surface area contributed by atoms with Crippen LogP contribution in [0, 0.1) is 5.92 Å². The number of hydrogen-bond acceptors (Lipinski definition) is 3. The van der Waals surface area contributed by atoms with E-state index in [4.69, 9.17) is 15.3 Å². The van der Waals surface area contributed by atoms with Crippen molar-refractivity contribution in [1.29, 1.82) is 0 Å². The summed E-state index contributed by atoms with van der Waals surface area (Å²) < 4.78 is 0. The smallest absolute Gasteiger partial charge is 0.328 e. The zero-order chi connectivity index (χ0) is 20.8. The highest BCUT2D eigenvalue weighted by molar-refractivity contribution is 5.89. The van der Waals surface area contributed by atoms with Crippen LogP contribution in [0.3, 0.4) is 0 Å². The third-order valence-corrected chi connectivity index (χ3v) is 4.31. The minimum atomic E-state index is -1.26. The van der Waals surface area contributed by atoms with Gasteiger partial charge in [0, 0.05) is 18.8 Å². The second-order valence-corrected chi connectivity index (χ2v) is 7.51. The van der Waals surface area contributed by atoms with E-state index in [1.165, 1.54) is 83.5 Å². The Balaban J connectivity index is 0. The molecule has 0 spiro atoms. The van der Waals surface area contributed by atoms with E-state index in [1.807, 2.05) is 0 Å². The van der Waals surface area contributed by atoms with Crippen molar-refractivity contribution in [3.05, 3.63) is 12.2 Å². The van der Waals surface area contributed by atoms with Crippen LogP contribution in [0.15, 0.2) is 12.2 Å². The van der Waals surface area contributed by atoms with Gasteiger partial charge in [-0.05, 0) is 12.3 Å². The molecule has 0 heterocycles. The molecular weight excluding hydrogens is 344 g/mol. The maximum absolute atomic E-state index is 9.55. The van der Waals surface area contributed by atoms with Gasteiger partial charge >= 0.3 is 11.9 Å². The first-order valence-corrected chi connectivity index (χ1v) is 10.6. The lowest BCUT2D eigenvalue weighted by Gasteiger charge is -2.04. The molecule has 0 saturated carbocycles. The van der Waals surface area contributed by atoms with Gasteiger partial charge in [0.05, 0.1) is 0 Å². The largest absolute Gasteiger partial charge is 0.478 e. The summed E-state index contributed by atoms with van der Waals surface area (Å²) in [6, 6.07) is 0. The molecule has 0 aromatic heterocycles. The van der Waals surface area contributed by atoms with Crippen LogP contribution in [0.4, 0.5) is 0 Å². The van der Waals surface area contributed by atoms with Crippen LogP contribution in [0.25, 0.3) is 0 Å². The zero-order valence-electron chi connectivity index (χ0n) is 17.5. The van der Waals surface area contributed by atoms with E-state index in [9.17, 15) is 9.59 Å². The molecule has 0 aliphatic carbocycles. The van der Waals surface area contributed by atoms with E-state index < -0.39 is 11.9 Å². The van der Waals surface area contributed by atoms with Crippen molar-refractivity contribution in [2.75, 3.05) is 6.61 Å². The maximum atomic E-state index is 9.55. The molecule has 0 aliphatic rings. The van der Waals surface area contributed by atoms with Crippen molar-refractivity contribution in [3.63, 3.8) is 0 Å². The molecule has 5 heteroatoms. The Kier molecular flexibility index (Phi) is 23.4. The van der Waals surface area contributed by atoms with Gasteiger partial charge in [-0.25, -0.2) is 9.59 Å².